The maximum Gasteiger partial charge on any atom is 0.335 e. The first-order chi connectivity index (χ1) is 4.65. The van der Waals surface area contributed by atoms with Crippen molar-refractivity contribution in [2.45, 2.75) is 18.4 Å². The van der Waals surface area contributed by atoms with Crippen LogP contribution in [0.4, 0.5) is 0 Å². The third kappa shape index (κ3) is 2.32. The summed E-state index contributed by atoms with van der Waals surface area (Å²) in [5.41, 5.74) is -1.47. The Morgan fingerprint density at radius 1 is 1.36 bits per heavy atom. The van der Waals surface area contributed by atoms with Crippen LogP contribution < -0.4 is 5.32 Å². The van der Waals surface area contributed by atoms with Crippen molar-refractivity contribution in [1.82, 2.24) is 5.32 Å². The van der Waals surface area contributed by atoms with Crippen molar-refractivity contribution < 1.29 is 15.0 Å². The fourth-order valence-corrected chi connectivity index (χ4v) is 1.05. The molecule has 66 valence electrons. The van der Waals surface area contributed by atoms with Gasteiger partial charge in [0.2, 0.25) is 0 Å². The van der Waals surface area contributed by atoms with Crippen molar-refractivity contribution >= 4 is 18.4 Å². The molecule has 0 aromatic heterocycles. The predicted molar refractivity (Wildman–Crippen MR) is 41.9 cm³/mol. The average molecular weight is 182 g/mol. The quantitative estimate of drug-likeness (QED) is 0.515. The van der Waals surface area contributed by atoms with Gasteiger partial charge in [-0.15, -0.1) is 12.4 Å². The summed E-state index contributed by atoms with van der Waals surface area (Å²) in [4.78, 5) is 10.4. The zero-order valence-electron chi connectivity index (χ0n) is 6.04. The van der Waals surface area contributed by atoms with Crippen LogP contribution in [0.15, 0.2) is 0 Å². The molecule has 1 fully saturated rings. The molecular weight excluding hydrogens is 170 g/mol. The van der Waals surface area contributed by atoms with E-state index in [1.54, 1.807) is 0 Å². The fraction of sp³-hybridized carbons (Fsp3) is 0.833. The number of rotatable bonds is 1. The number of aliphatic carboxylic acids is 1. The molecule has 1 rings (SSSR count). The molecular formula is C6H12ClNO3. The van der Waals surface area contributed by atoms with E-state index in [-0.39, 0.29) is 12.4 Å². The second kappa shape index (κ2) is 3.90. The van der Waals surface area contributed by atoms with Crippen molar-refractivity contribution in [3.8, 4) is 0 Å². The summed E-state index contributed by atoms with van der Waals surface area (Å²) in [6.07, 6.45) is 0.616. The number of aliphatic hydroxyl groups is 1. The molecule has 0 aromatic carbocycles. The molecule has 1 heterocycles. The average Bonchev–Trinajstić information content (AvgIpc) is 1.89. The van der Waals surface area contributed by atoms with Gasteiger partial charge in [0.15, 0.2) is 5.60 Å². The first kappa shape index (κ1) is 10.7. The van der Waals surface area contributed by atoms with Gasteiger partial charge in [-0.25, -0.2) is 4.79 Å². The third-order valence-electron chi connectivity index (χ3n) is 1.83. The zero-order valence-corrected chi connectivity index (χ0v) is 6.86. The molecule has 0 radical (unpaired) electrons. The minimum absolute atomic E-state index is 0. The number of carbonyl (C=O) groups is 1. The van der Waals surface area contributed by atoms with Crippen LogP contribution in [-0.2, 0) is 4.79 Å². The summed E-state index contributed by atoms with van der Waals surface area (Å²) >= 11 is 0. The highest BCUT2D eigenvalue weighted by Crippen LogP contribution is 2.17. The number of piperidine rings is 1. The lowest BCUT2D eigenvalue weighted by atomic mass is 9.93. The smallest absolute Gasteiger partial charge is 0.335 e. The monoisotopic (exact) mass is 181 g/mol. The maximum absolute atomic E-state index is 10.4. The Morgan fingerprint density at radius 3 is 2.09 bits per heavy atom. The molecule has 0 spiro atoms. The van der Waals surface area contributed by atoms with Gasteiger partial charge >= 0.3 is 5.97 Å². The highest BCUT2D eigenvalue weighted by atomic mass is 35.5. The molecule has 3 N–H and O–H groups in total. The molecule has 11 heavy (non-hydrogen) atoms. The predicted octanol–water partition coefficient (Wildman–Crippen LogP) is -0.393. The molecule has 5 heteroatoms. The van der Waals surface area contributed by atoms with Crippen LogP contribution in [-0.4, -0.2) is 34.9 Å². The molecule has 0 aromatic rings. The van der Waals surface area contributed by atoms with Gasteiger partial charge in [0, 0.05) is 0 Å². The number of carboxylic acids is 1. The van der Waals surface area contributed by atoms with Crippen molar-refractivity contribution in [3.63, 3.8) is 0 Å². The SMILES string of the molecule is Cl.O=C(O)C1(O)CCNCC1. The fourth-order valence-electron chi connectivity index (χ4n) is 1.05. The zero-order chi connectivity index (χ0) is 7.61. The molecule has 1 saturated heterocycles. The topological polar surface area (TPSA) is 69.6 Å². The number of nitrogens with one attached hydrogen (secondary N) is 1. The number of hydrogen-bond donors (Lipinski definition) is 3. The summed E-state index contributed by atoms with van der Waals surface area (Å²) < 4.78 is 0. The minimum Gasteiger partial charge on any atom is -0.479 e. The first-order valence-electron chi connectivity index (χ1n) is 3.32. The van der Waals surface area contributed by atoms with Gasteiger partial charge in [-0.2, -0.15) is 0 Å². The maximum atomic E-state index is 10.4. The van der Waals surface area contributed by atoms with E-state index in [9.17, 15) is 9.90 Å². The number of hydrogen-bond acceptors (Lipinski definition) is 3. The minimum atomic E-state index is -1.47. The normalized spacial score (nSPS) is 21.9. The van der Waals surface area contributed by atoms with Gasteiger partial charge in [0.1, 0.15) is 0 Å². The van der Waals surface area contributed by atoms with E-state index in [1.165, 1.54) is 0 Å². The van der Waals surface area contributed by atoms with Crippen LogP contribution in [0.1, 0.15) is 12.8 Å². The van der Waals surface area contributed by atoms with Crippen LogP contribution in [0, 0.1) is 0 Å². The van der Waals surface area contributed by atoms with Crippen molar-refractivity contribution in [2.75, 3.05) is 13.1 Å². The van der Waals surface area contributed by atoms with Crippen molar-refractivity contribution in [2.24, 2.45) is 0 Å². The van der Waals surface area contributed by atoms with Crippen molar-refractivity contribution in [1.29, 1.82) is 0 Å². The van der Waals surface area contributed by atoms with Crippen LogP contribution >= 0.6 is 12.4 Å². The van der Waals surface area contributed by atoms with E-state index >= 15 is 0 Å². The molecule has 0 aliphatic carbocycles. The molecule has 0 amide bonds. The molecule has 1 aliphatic rings. The third-order valence-corrected chi connectivity index (χ3v) is 1.83. The summed E-state index contributed by atoms with van der Waals surface area (Å²) in [5.74, 6) is -1.10. The molecule has 0 bridgehead atoms. The lowest BCUT2D eigenvalue weighted by molar-refractivity contribution is -0.161. The summed E-state index contributed by atoms with van der Waals surface area (Å²) in [6, 6.07) is 0. The van der Waals surface area contributed by atoms with E-state index in [2.05, 4.69) is 5.32 Å². The standard InChI is InChI=1S/C6H11NO3.ClH/c8-5(9)6(10)1-3-7-4-2-6;/h7,10H,1-4H2,(H,8,9);1H. The van der Waals surface area contributed by atoms with Crippen LogP contribution in [0.25, 0.3) is 0 Å². The highest BCUT2D eigenvalue weighted by Gasteiger charge is 2.36. The molecule has 0 saturated carbocycles. The summed E-state index contributed by atoms with van der Waals surface area (Å²) in [5, 5.41) is 20.8. The Balaban J connectivity index is 0.000001000. The number of halogens is 1. The lowest BCUT2D eigenvalue weighted by Gasteiger charge is -2.27. The molecule has 0 unspecified atom stereocenters. The number of carboxylic acid groups (broad SMARTS) is 1. The van der Waals surface area contributed by atoms with E-state index in [1.807, 2.05) is 0 Å². The van der Waals surface area contributed by atoms with Gasteiger partial charge in [-0.1, -0.05) is 0 Å². The second-order valence-corrected chi connectivity index (χ2v) is 2.59. The van der Waals surface area contributed by atoms with Gasteiger partial charge in [0.05, 0.1) is 0 Å². The van der Waals surface area contributed by atoms with Gasteiger partial charge < -0.3 is 15.5 Å². The summed E-state index contributed by atoms with van der Waals surface area (Å²) in [7, 11) is 0. The molecule has 1 aliphatic heterocycles. The lowest BCUT2D eigenvalue weighted by Crippen LogP contribution is -2.47. The van der Waals surface area contributed by atoms with Crippen LogP contribution in [0.2, 0.25) is 0 Å². The Bertz CT molecular complexity index is 145. The summed E-state index contributed by atoms with van der Waals surface area (Å²) in [6.45, 7) is 1.17. The van der Waals surface area contributed by atoms with Crippen LogP contribution in [0.3, 0.4) is 0 Å². The first-order valence-corrected chi connectivity index (χ1v) is 3.32. The van der Waals surface area contributed by atoms with E-state index in [0.29, 0.717) is 25.9 Å². The van der Waals surface area contributed by atoms with E-state index in [0.717, 1.165) is 0 Å². The van der Waals surface area contributed by atoms with Gasteiger partial charge in [0.25, 0.3) is 0 Å². The van der Waals surface area contributed by atoms with Gasteiger partial charge in [-0.05, 0) is 25.9 Å². The van der Waals surface area contributed by atoms with Crippen LogP contribution in [0.5, 0.6) is 0 Å². The van der Waals surface area contributed by atoms with Gasteiger partial charge in [-0.3, -0.25) is 0 Å². The molecule has 4 nitrogen and oxygen atoms in total. The second-order valence-electron chi connectivity index (χ2n) is 2.59. The van der Waals surface area contributed by atoms with E-state index < -0.39 is 11.6 Å². The molecule has 0 atom stereocenters. The Kier molecular flexibility index (Phi) is 3.78. The van der Waals surface area contributed by atoms with Crippen molar-refractivity contribution in [3.05, 3.63) is 0 Å². The highest BCUT2D eigenvalue weighted by molar-refractivity contribution is 5.85. The Hall–Kier alpha value is -0.320. The largest absolute Gasteiger partial charge is 0.479 e. The Labute approximate surface area is 71.0 Å². The Morgan fingerprint density at radius 2 is 1.82 bits per heavy atom. The van der Waals surface area contributed by atoms with E-state index in [4.69, 9.17) is 5.11 Å².